The smallest absolute Gasteiger partial charge is 0.194 e. The predicted octanol–water partition coefficient (Wildman–Crippen LogP) is 7.48. The summed E-state index contributed by atoms with van der Waals surface area (Å²) in [5.74, 6) is 1.28. The molecule has 2 heterocycles. The van der Waals surface area contributed by atoms with Gasteiger partial charge in [0.2, 0.25) is 0 Å². The molecule has 0 aliphatic heterocycles. The van der Waals surface area contributed by atoms with Crippen molar-refractivity contribution in [3.05, 3.63) is 93.6 Å². The number of Topliss-reactive ketones (excluding diaryl/α,β-unsaturated/α-hetero) is 2. The van der Waals surface area contributed by atoms with Crippen LogP contribution in [0.15, 0.2) is 65.1 Å². The van der Waals surface area contributed by atoms with Crippen molar-refractivity contribution < 1.29 is 14.0 Å². The molecule has 0 bridgehead atoms. The molecule has 0 spiro atoms. The Morgan fingerprint density at radius 3 is 2.12 bits per heavy atom. The van der Waals surface area contributed by atoms with Gasteiger partial charge < -0.3 is 4.42 Å². The van der Waals surface area contributed by atoms with Crippen LogP contribution in [-0.2, 0) is 12.8 Å². The summed E-state index contributed by atoms with van der Waals surface area (Å²) in [4.78, 5) is 24.7. The molecule has 0 fully saturated rings. The van der Waals surface area contributed by atoms with E-state index in [0.29, 0.717) is 5.76 Å². The fraction of sp³-hybridized carbons (Fsp3) is 0.214. The Kier molecular flexibility index (Phi) is 6.24. The van der Waals surface area contributed by atoms with Crippen molar-refractivity contribution in [3.63, 3.8) is 0 Å². The maximum Gasteiger partial charge on any atom is 0.194 e. The van der Waals surface area contributed by atoms with Crippen LogP contribution in [0.25, 0.3) is 21.8 Å². The summed E-state index contributed by atoms with van der Waals surface area (Å²) in [5.41, 5.74) is 7.61. The second kappa shape index (κ2) is 9.09. The Bertz CT molecular complexity index is 1290. The van der Waals surface area contributed by atoms with E-state index in [1.165, 1.54) is 39.6 Å². The Balaban J connectivity index is 0.000000155. The maximum absolute atomic E-state index is 11.4. The van der Waals surface area contributed by atoms with E-state index in [1.807, 2.05) is 37.3 Å². The second-order valence-corrected chi connectivity index (χ2v) is 9.32. The normalized spacial score (nSPS) is 11.8. The molecule has 32 heavy (non-hydrogen) atoms. The van der Waals surface area contributed by atoms with Gasteiger partial charge in [-0.3, -0.25) is 9.59 Å². The van der Waals surface area contributed by atoms with Crippen LogP contribution in [0.3, 0.4) is 0 Å². The van der Waals surface area contributed by atoms with Crippen LogP contribution < -0.4 is 0 Å². The number of hydrogen-bond acceptors (Lipinski definition) is 4. The molecule has 0 radical (unpaired) electrons. The molecule has 0 saturated heterocycles. The highest BCUT2D eigenvalue weighted by Gasteiger charge is 2.20. The topological polar surface area (TPSA) is 47.3 Å². The van der Waals surface area contributed by atoms with Crippen molar-refractivity contribution in [2.75, 3.05) is 0 Å². The van der Waals surface area contributed by atoms with Crippen LogP contribution in [0.1, 0.15) is 56.3 Å². The first-order valence-corrected chi connectivity index (χ1v) is 11.5. The molecule has 2 aromatic heterocycles. The van der Waals surface area contributed by atoms with Gasteiger partial charge in [-0.2, -0.15) is 0 Å². The number of hydrogen-bond donors (Lipinski definition) is 0. The van der Waals surface area contributed by atoms with Crippen LogP contribution in [0.5, 0.6) is 0 Å². The maximum atomic E-state index is 11.4. The minimum Gasteiger partial charge on any atom is -0.453 e. The summed E-state index contributed by atoms with van der Waals surface area (Å²) in [6.07, 6.45) is 2.16. The van der Waals surface area contributed by atoms with Crippen molar-refractivity contribution in [3.8, 4) is 21.8 Å². The van der Waals surface area contributed by atoms with Gasteiger partial charge in [-0.25, -0.2) is 0 Å². The zero-order chi connectivity index (χ0) is 22.8. The third-order valence-electron chi connectivity index (χ3n) is 5.61. The van der Waals surface area contributed by atoms with Crippen molar-refractivity contribution in [2.24, 2.45) is 0 Å². The number of benzene rings is 2. The largest absolute Gasteiger partial charge is 0.453 e. The van der Waals surface area contributed by atoms with E-state index < -0.39 is 0 Å². The minimum atomic E-state index is -0.0478. The lowest BCUT2D eigenvalue weighted by Gasteiger charge is -2.16. The lowest BCUT2D eigenvalue weighted by molar-refractivity contribution is 0.0986. The number of ketones is 2. The Hall–Kier alpha value is -3.24. The molecule has 0 saturated carbocycles. The van der Waals surface area contributed by atoms with E-state index in [2.05, 4.69) is 31.2 Å². The average Bonchev–Trinajstić information content (AvgIpc) is 3.42. The standard InChI is InChI=1S/C15H14OS.C13H12O2/c1-9-3-6-13-11(7-9)4-5-12-8-14(10(2)16)17-15(12)13;1-9-3-5-11(6-4-9)13-8-7-12(15-13)10(2)14/h3,6-8H,4-5H2,1-2H3;3-8H,1-2H3. The zero-order valence-corrected chi connectivity index (χ0v) is 19.6. The lowest BCUT2D eigenvalue weighted by Crippen LogP contribution is -2.01. The summed E-state index contributed by atoms with van der Waals surface area (Å²) in [6.45, 7) is 7.31. The summed E-state index contributed by atoms with van der Waals surface area (Å²) in [6, 6.07) is 20.2. The lowest BCUT2D eigenvalue weighted by atomic mass is 9.90. The van der Waals surface area contributed by atoms with Gasteiger partial charge >= 0.3 is 0 Å². The number of furan rings is 1. The fourth-order valence-corrected chi connectivity index (χ4v) is 5.00. The van der Waals surface area contributed by atoms with Crippen LogP contribution in [0.2, 0.25) is 0 Å². The Labute approximate surface area is 192 Å². The van der Waals surface area contributed by atoms with Gasteiger partial charge in [0, 0.05) is 17.4 Å². The highest BCUT2D eigenvalue weighted by molar-refractivity contribution is 7.17. The summed E-state index contributed by atoms with van der Waals surface area (Å²) >= 11 is 1.64. The molecule has 1 aliphatic rings. The first-order valence-electron chi connectivity index (χ1n) is 10.7. The van der Waals surface area contributed by atoms with Crippen molar-refractivity contribution >= 4 is 22.9 Å². The molecular formula is C28H26O3S. The number of carbonyl (C=O) groups excluding carboxylic acids is 2. The van der Waals surface area contributed by atoms with E-state index in [0.717, 1.165) is 29.0 Å². The van der Waals surface area contributed by atoms with Gasteiger partial charge in [-0.1, -0.05) is 53.6 Å². The molecule has 0 atom stereocenters. The minimum absolute atomic E-state index is 0.0478. The van der Waals surface area contributed by atoms with E-state index in [9.17, 15) is 9.59 Å². The van der Waals surface area contributed by atoms with Crippen LogP contribution in [-0.4, -0.2) is 11.6 Å². The SMILES string of the molecule is CC(=O)c1cc2c(s1)-c1ccc(C)cc1CC2.CC(=O)c1ccc(-c2ccc(C)cc2)o1. The third kappa shape index (κ3) is 4.66. The van der Waals surface area contributed by atoms with Crippen LogP contribution >= 0.6 is 11.3 Å². The van der Waals surface area contributed by atoms with E-state index in [4.69, 9.17) is 4.42 Å². The summed E-state index contributed by atoms with van der Waals surface area (Å²) < 4.78 is 5.42. The monoisotopic (exact) mass is 442 g/mol. The molecule has 2 aromatic carbocycles. The van der Waals surface area contributed by atoms with Gasteiger partial charge in [-0.05, 0) is 68.5 Å². The average molecular weight is 443 g/mol. The number of thiophene rings is 1. The molecule has 4 heteroatoms. The van der Waals surface area contributed by atoms with Gasteiger partial charge in [0.05, 0.1) is 4.88 Å². The highest BCUT2D eigenvalue weighted by atomic mass is 32.1. The Morgan fingerprint density at radius 1 is 0.781 bits per heavy atom. The molecule has 5 rings (SSSR count). The molecule has 162 valence electrons. The predicted molar refractivity (Wildman–Crippen MR) is 131 cm³/mol. The fourth-order valence-electron chi connectivity index (χ4n) is 3.84. The second-order valence-electron chi connectivity index (χ2n) is 8.27. The van der Waals surface area contributed by atoms with Gasteiger partial charge in [0.15, 0.2) is 17.3 Å². The zero-order valence-electron chi connectivity index (χ0n) is 18.8. The summed E-state index contributed by atoms with van der Waals surface area (Å²) in [7, 11) is 0. The third-order valence-corrected chi connectivity index (χ3v) is 6.93. The van der Waals surface area contributed by atoms with Crippen LogP contribution in [0, 0.1) is 13.8 Å². The molecule has 1 aliphatic carbocycles. The van der Waals surface area contributed by atoms with E-state index >= 15 is 0 Å². The van der Waals surface area contributed by atoms with Crippen molar-refractivity contribution in [2.45, 2.75) is 40.5 Å². The number of rotatable bonds is 3. The number of carbonyl (C=O) groups is 2. The van der Waals surface area contributed by atoms with Crippen molar-refractivity contribution in [1.29, 1.82) is 0 Å². The molecule has 0 unspecified atom stereocenters. The van der Waals surface area contributed by atoms with Crippen LogP contribution in [0.4, 0.5) is 0 Å². The summed E-state index contributed by atoms with van der Waals surface area (Å²) in [5, 5.41) is 0. The van der Waals surface area contributed by atoms with Gasteiger partial charge in [0.25, 0.3) is 0 Å². The molecular weight excluding hydrogens is 416 g/mol. The molecule has 0 N–H and O–H groups in total. The van der Waals surface area contributed by atoms with Crippen molar-refractivity contribution in [1.82, 2.24) is 0 Å². The van der Waals surface area contributed by atoms with Gasteiger partial charge in [0.1, 0.15) is 5.76 Å². The Morgan fingerprint density at radius 2 is 1.47 bits per heavy atom. The molecule has 4 aromatic rings. The van der Waals surface area contributed by atoms with Gasteiger partial charge in [-0.15, -0.1) is 11.3 Å². The number of aryl methyl sites for hydroxylation is 4. The highest BCUT2D eigenvalue weighted by Crippen LogP contribution is 2.40. The molecule has 3 nitrogen and oxygen atoms in total. The quantitative estimate of drug-likeness (QED) is 0.309. The van der Waals surface area contributed by atoms with E-state index in [1.54, 1.807) is 24.3 Å². The van der Waals surface area contributed by atoms with E-state index in [-0.39, 0.29) is 11.6 Å². The first kappa shape index (κ1) is 22.0. The number of fused-ring (bicyclic) bond motifs is 3. The molecule has 0 amide bonds. The first-order chi connectivity index (χ1) is 15.3.